The zero-order chi connectivity index (χ0) is 77.7. The largest absolute Gasteiger partial charge is 0.494 e. The van der Waals surface area contributed by atoms with Crippen LogP contribution >= 0.6 is 0 Å². The second-order valence-corrected chi connectivity index (χ2v) is 23.1. The minimum absolute atomic E-state index is 0.0635. The zero-order valence-corrected chi connectivity index (χ0v) is 52.0. The van der Waals surface area contributed by atoms with Crippen molar-refractivity contribution in [2.24, 2.45) is 0 Å². The first-order valence-electron chi connectivity index (χ1n) is 30.1. The fourth-order valence-corrected chi connectivity index (χ4v) is 9.80. The molecule has 38 heteroatoms. The molecule has 6 rings (SSSR count). The molecule has 0 aliphatic carbocycles. The van der Waals surface area contributed by atoms with Crippen molar-refractivity contribution in [1.82, 2.24) is 0 Å². The number of fused-ring (bicyclic) bond motifs is 2. The van der Waals surface area contributed by atoms with Crippen LogP contribution in [-0.4, -0.2) is 115 Å². The molecule has 0 saturated carbocycles. The Balaban J connectivity index is 1.00. The summed E-state index contributed by atoms with van der Waals surface area (Å²) in [5, 5.41) is 2.14. The molecule has 0 aliphatic heterocycles. The lowest BCUT2D eigenvalue weighted by atomic mass is 9.89. The first kappa shape index (κ1) is 83.7. The first-order valence-corrected chi connectivity index (χ1v) is 30.1. The third kappa shape index (κ3) is 16.8. The van der Waals surface area contributed by atoms with Gasteiger partial charge in [0.15, 0.2) is 11.5 Å². The first-order chi connectivity index (χ1) is 47.2. The van der Waals surface area contributed by atoms with Crippen LogP contribution in [0.2, 0.25) is 0 Å². The van der Waals surface area contributed by atoms with Gasteiger partial charge in [0.1, 0.15) is 17.2 Å². The van der Waals surface area contributed by atoms with Gasteiger partial charge in [0.05, 0.1) is 29.9 Å². The number of hydrogen-bond donors (Lipinski definition) is 0. The molecule has 6 aromatic carbocycles. The number of benzene rings is 6. The van der Waals surface area contributed by atoms with E-state index in [4.69, 9.17) is 23.7 Å². The molecule has 0 N–H and O–H groups in total. The third-order valence-corrected chi connectivity index (χ3v) is 15.8. The van der Waals surface area contributed by atoms with E-state index in [0.717, 1.165) is 18.2 Å². The normalized spacial score (nSPS) is 13.9. The summed E-state index contributed by atoms with van der Waals surface area (Å²) in [7, 11) is 0. The van der Waals surface area contributed by atoms with Crippen molar-refractivity contribution in [2.75, 3.05) is 13.2 Å². The van der Waals surface area contributed by atoms with Crippen molar-refractivity contribution in [2.45, 2.75) is 173 Å². The number of carbonyl (C=O) groups is 3. The number of esters is 3. The Morgan fingerprint density at radius 2 is 0.573 bits per heavy atom. The van der Waals surface area contributed by atoms with Crippen LogP contribution < -0.4 is 23.7 Å². The second kappa shape index (κ2) is 30.8. The van der Waals surface area contributed by atoms with E-state index in [0.29, 0.717) is 21.5 Å². The maximum atomic E-state index is 14.3. The molecule has 0 aromatic heterocycles. The molecule has 570 valence electrons. The average molecular weight is 1530 g/mol. The zero-order valence-electron chi connectivity index (χ0n) is 52.0. The molecular weight excluding hydrogens is 1480 g/mol. The van der Waals surface area contributed by atoms with Gasteiger partial charge in [-0.3, -0.25) is 0 Å². The maximum absolute atomic E-state index is 14.3. The third-order valence-electron chi connectivity index (χ3n) is 15.8. The van der Waals surface area contributed by atoms with E-state index in [9.17, 15) is 146 Å². The highest BCUT2D eigenvalue weighted by Gasteiger charge is 2.94. The number of hydrogen-bond acceptors (Lipinski definition) is 8. The number of halogens is 30. The van der Waals surface area contributed by atoms with Crippen molar-refractivity contribution in [1.29, 1.82) is 0 Å². The Labute approximate surface area is 561 Å². The van der Waals surface area contributed by atoms with E-state index in [2.05, 4.69) is 0 Å². The molecule has 0 bridgehead atoms. The lowest BCUT2D eigenvalue weighted by Gasteiger charge is -2.41. The highest BCUT2D eigenvalue weighted by Crippen LogP contribution is 2.65. The molecule has 0 atom stereocenters. The highest BCUT2D eigenvalue weighted by atomic mass is 19.4. The highest BCUT2D eigenvalue weighted by molar-refractivity contribution is 6.17. The van der Waals surface area contributed by atoms with Crippen molar-refractivity contribution in [3.63, 3.8) is 0 Å². The lowest BCUT2D eigenvalue weighted by molar-refractivity contribution is -0.452. The smallest absolute Gasteiger partial charge is 0.460 e. The van der Waals surface area contributed by atoms with Gasteiger partial charge in [-0.2, -0.15) is 132 Å². The van der Waals surface area contributed by atoms with Crippen LogP contribution in [0, 0.1) is 0 Å². The van der Waals surface area contributed by atoms with Crippen LogP contribution in [0.1, 0.15) is 121 Å². The van der Waals surface area contributed by atoms with E-state index < -0.39 is 151 Å². The van der Waals surface area contributed by atoms with Gasteiger partial charge in [-0.1, -0.05) is 99.9 Å². The summed E-state index contributed by atoms with van der Waals surface area (Å²) in [5.41, 5.74) is -0.153. The Hall–Kier alpha value is -8.25. The summed E-state index contributed by atoms with van der Waals surface area (Å²) in [6.07, 6.45) is -22.9. The van der Waals surface area contributed by atoms with Crippen molar-refractivity contribution in [3.8, 4) is 28.7 Å². The van der Waals surface area contributed by atoms with Crippen LogP contribution in [0.4, 0.5) is 132 Å². The van der Waals surface area contributed by atoms with Gasteiger partial charge in [0.25, 0.3) is 0 Å². The van der Waals surface area contributed by atoms with Gasteiger partial charge in [0.2, 0.25) is 0 Å². The summed E-state index contributed by atoms with van der Waals surface area (Å²) >= 11 is 0. The minimum atomic E-state index is -8.36. The molecule has 0 fully saturated rings. The molecule has 0 aliphatic rings. The summed E-state index contributed by atoms with van der Waals surface area (Å²) in [6, 6.07) is 28.8. The molecule has 0 radical (unpaired) electrons. The minimum Gasteiger partial charge on any atom is -0.494 e. The Morgan fingerprint density at radius 1 is 0.272 bits per heavy atom. The van der Waals surface area contributed by atoms with Crippen LogP contribution in [-0.2, 0) is 0 Å². The predicted molar refractivity (Wildman–Crippen MR) is 303 cm³/mol. The molecule has 0 spiro atoms. The molecule has 0 unspecified atom stereocenters. The van der Waals surface area contributed by atoms with Gasteiger partial charge < -0.3 is 23.7 Å². The molecule has 8 nitrogen and oxygen atoms in total. The number of alkyl halides is 30. The van der Waals surface area contributed by atoms with Crippen LogP contribution in [0.15, 0.2) is 121 Å². The Morgan fingerprint density at radius 3 is 0.942 bits per heavy atom. The van der Waals surface area contributed by atoms with Crippen molar-refractivity contribution >= 4 is 39.5 Å². The average Bonchev–Trinajstić information content (AvgIpc) is 0.708. The van der Waals surface area contributed by atoms with Gasteiger partial charge in [0, 0.05) is 18.9 Å². The number of rotatable bonds is 36. The molecule has 103 heavy (non-hydrogen) atoms. The fourth-order valence-electron chi connectivity index (χ4n) is 9.80. The number of carbonyl (C=O) groups excluding carboxylic acids is 3. The monoisotopic (exact) mass is 1530 g/mol. The van der Waals surface area contributed by atoms with E-state index in [1.165, 1.54) is 48.5 Å². The van der Waals surface area contributed by atoms with E-state index in [1.807, 2.05) is 6.07 Å². The molecule has 6 aromatic rings. The molecule has 0 heterocycles. The van der Waals surface area contributed by atoms with E-state index >= 15 is 0 Å². The predicted octanol–water partition coefficient (Wildman–Crippen LogP) is 22.6. The lowest BCUT2D eigenvalue weighted by Crippen LogP contribution is -2.72. The van der Waals surface area contributed by atoms with E-state index in [-0.39, 0.29) is 98.5 Å². The second-order valence-electron chi connectivity index (χ2n) is 23.1. The standard InChI is InChI=1S/C65H52F30O8/c66-52(67,54(70,71)56(74,75)58(78,79)60(82,83)62(86,87)64(90,91)92)31-13-5-1-3-7-15-33-99-41-25-21-37(22-26-41)49(96)101-43-29-30-46(47(36-43)103-51(98)48-44-19-11-9-17-39(44)35-40-18-10-12-20-45(40)48)102-50(97)38-23-27-42(28-24-38)100-34-16-8-4-2-6-14-32-53(68,69)55(72,73)57(76,77)59(80,81)61(84,85)63(88,89)65(93,94)95/h9-12,17-30,35-36H,1-8,13-16,31-34H2. The van der Waals surface area contributed by atoms with Crippen LogP contribution in [0.25, 0.3) is 21.5 Å². The Kier molecular flexibility index (Phi) is 25.0. The van der Waals surface area contributed by atoms with Crippen molar-refractivity contribution < 1.29 is 170 Å². The van der Waals surface area contributed by atoms with Crippen LogP contribution in [0.5, 0.6) is 28.7 Å². The molecule has 0 amide bonds. The Bertz CT molecular complexity index is 3840. The SMILES string of the molecule is O=C(Oc1ccc(OC(=O)c2ccc(OCCCCCCCCC(F)(F)C(F)(F)C(F)(F)C(F)(F)C(F)(F)C(F)(F)C(F)(F)F)cc2)c(OC(=O)c2c3ccccc3cc3ccccc23)c1)c1ccc(OCCCCCCCCC(F)(F)C(F)(F)C(F)(F)C(F)(F)C(F)(F)C(F)(F)C(F)(F)F)cc1. The number of ether oxygens (including phenoxy) is 5. The topological polar surface area (TPSA) is 97.4 Å². The summed E-state index contributed by atoms with van der Waals surface area (Å²) in [4.78, 5) is 41.3. The van der Waals surface area contributed by atoms with Gasteiger partial charge in [-0.15, -0.1) is 0 Å². The van der Waals surface area contributed by atoms with Gasteiger partial charge in [-0.25, -0.2) is 14.4 Å². The van der Waals surface area contributed by atoms with Crippen molar-refractivity contribution in [3.05, 3.63) is 138 Å². The molecule has 0 saturated heterocycles. The van der Waals surface area contributed by atoms with E-state index in [1.54, 1.807) is 48.5 Å². The summed E-state index contributed by atoms with van der Waals surface area (Å²) in [5.74, 6) is -97.5. The van der Waals surface area contributed by atoms with Gasteiger partial charge in [-0.05, 0) is 114 Å². The maximum Gasteiger partial charge on any atom is 0.460 e. The van der Waals surface area contributed by atoms with Gasteiger partial charge >= 0.3 is 101 Å². The number of unbranched alkanes of at least 4 members (excludes halogenated alkanes) is 10. The fraction of sp³-hybridized carbons (Fsp3) is 0.462. The van der Waals surface area contributed by atoms with Crippen LogP contribution in [0.3, 0.4) is 0 Å². The summed E-state index contributed by atoms with van der Waals surface area (Å²) in [6.45, 7) is -0.136. The summed E-state index contributed by atoms with van der Waals surface area (Å²) < 4.78 is 433. The molecular formula is C65H52F30O8. The quantitative estimate of drug-likeness (QED) is 0.0126.